The smallest absolute Gasteiger partial charge is 0.380 e. The molecule has 0 fully saturated rings. The molecule has 0 unspecified atom stereocenters. The number of aldehydes is 1. The van der Waals surface area contributed by atoms with E-state index >= 15 is 0 Å². The normalized spacial score (nSPS) is 10.1. The van der Waals surface area contributed by atoms with Gasteiger partial charge in [-0.05, 0) is 29.8 Å². The van der Waals surface area contributed by atoms with E-state index in [4.69, 9.17) is 9.47 Å². The minimum atomic E-state index is -1.15. The van der Waals surface area contributed by atoms with Crippen LogP contribution in [0.2, 0.25) is 0 Å². The van der Waals surface area contributed by atoms with E-state index in [2.05, 4.69) is 0 Å². The summed E-state index contributed by atoms with van der Waals surface area (Å²) in [5, 5.41) is 0. The number of carbonyl (C=O) groups is 3. The van der Waals surface area contributed by atoms with Crippen LogP contribution in [0.15, 0.2) is 42.5 Å². The molecule has 0 atom stereocenters. The quantitative estimate of drug-likeness (QED) is 0.256. The zero-order valence-electron chi connectivity index (χ0n) is 12.3. The van der Waals surface area contributed by atoms with Crippen LogP contribution in [0.25, 0.3) is 0 Å². The Hall–Kier alpha value is -3.09. The molecule has 24 heavy (non-hydrogen) atoms. The van der Waals surface area contributed by atoms with Gasteiger partial charge in [0.15, 0.2) is 11.6 Å². The van der Waals surface area contributed by atoms with Crippen LogP contribution in [-0.4, -0.2) is 18.0 Å². The lowest BCUT2D eigenvalue weighted by molar-refractivity contribution is -0.147. The van der Waals surface area contributed by atoms with Gasteiger partial charge in [0.05, 0.1) is 6.42 Å². The molecule has 7 heteroatoms. The van der Waals surface area contributed by atoms with Crippen LogP contribution < -0.4 is 9.47 Å². The monoisotopic (exact) mass is 334 g/mol. The predicted molar refractivity (Wildman–Crippen MR) is 78.5 cm³/mol. The van der Waals surface area contributed by atoms with E-state index < -0.39 is 29.8 Å². The van der Waals surface area contributed by atoms with Crippen molar-refractivity contribution in [1.82, 2.24) is 0 Å². The summed E-state index contributed by atoms with van der Waals surface area (Å²) in [6.45, 7) is -0.0291. The van der Waals surface area contributed by atoms with Crippen LogP contribution in [0.3, 0.4) is 0 Å². The van der Waals surface area contributed by atoms with Gasteiger partial charge in [-0.3, -0.25) is 4.79 Å². The summed E-state index contributed by atoms with van der Waals surface area (Å²) in [4.78, 5) is 32.8. The number of esters is 1. The second-order valence-electron chi connectivity index (χ2n) is 4.70. The van der Waals surface area contributed by atoms with Crippen molar-refractivity contribution in [2.75, 3.05) is 0 Å². The average Bonchev–Trinajstić information content (AvgIpc) is 2.56. The topological polar surface area (TPSA) is 69.7 Å². The molecule has 0 amide bonds. The molecule has 5 nitrogen and oxygen atoms in total. The lowest BCUT2D eigenvalue weighted by Gasteiger charge is -2.08. The van der Waals surface area contributed by atoms with Crippen molar-refractivity contribution in [3.63, 3.8) is 0 Å². The van der Waals surface area contributed by atoms with Crippen LogP contribution in [-0.2, 0) is 21.0 Å². The molecule has 0 aliphatic carbocycles. The fraction of sp³-hybridized carbons (Fsp3) is 0.118. The summed E-state index contributed by atoms with van der Waals surface area (Å²) < 4.78 is 36.2. The molecule has 2 aromatic carbocycles. The first-order valence-corrected chi connectivity index (χ1v) is 6.85. The van der Waals surface area contributed by atoms with Gasteiger partial charge in [-0.1, -0.05) is 12.1 Å². The van der Waals surface area contributed by atoms with E-state index in [1.54, 1.807) is 6.07 Å². The largest absolute Gasteiger partial charge is 0.489 e. The van der Waals surface area contributed by atoms with Gasteiger partial charge >= 0.3 is 5.97 Å². The van der Waals surface area contributed by atoms with Crippen LogP contribution in [0.5, 0.6) is 11.5 Å². The highest BCUT2D eigenvalue weighted by atomic mass is 19.2. The van der Waals surface area contributed by atoms with Crippen molar-refractivity contribution >= 4 is 18.0 Å². The molecule has 0 radical (unpaired) electrons. The highest BCUT2D eigenvalue weighted by molar-refractivity contribution is 6.36. The second-order valence-corrected chi connectivity index (χ2v) is 4.70. The van der Waals surface area contributed by atoms with Crippen molar-refractivity contribution in [2.45, 2.75) is 13.0 Å². The Morgan fingerprint density at radius 2 is 1.75 bits per heavy atom. The maximum absolute atomic E-state index is 13.1. The molecular formula is C17H12F2O5. The lowest BCUT2D eigenvalue weighted by Crippen LogP contribution is -2.20. The van der Waals surface area contributed by atoms with Crippen molar-refractivity contribution in [1.29, 1.82) is 0 Å². The van der Waals surface area contributed by atoms with Crippen LogP contribution >= 0.6 is 0 Å². The summed E-state index contributed by atoms with van der Waals surface area (Å²) in [6, 6.07) is 9.24. The number of halogens is 2. The molecule has 2 rings (SSSR count). The van der Waals surface area contributed by atoms with Gasteiger partial charge in [0.2, 0.25) is 5.78 Å². The molecule has 0 aromatic heterocycles. The van der Waals surface area contributed by atoms with Crippen LogP contribution in [0.1, 0.15) is 12.0 Å². The van der Waals surface area contributed by atoms with Crippen molar-refractivity contribution in [3.05, 3.63) is 59.7 Å². The highest BCUT2D eigenvalue weighted by Crippen LogP contribution is 2.21. The Morgan fingerprint density at radius 3 is 2.46 bits per heavy atom. The summed E-state index contributed by atoms with van der Waals surface area (Å²) in [7, 11) is 0. The Morgan fingerprint density at radius 1 is 1.00 bits per heavy atom. The standard InChI is InChI=1S/C17H12F2O5/c18-14-5-4-11(8-15(14)19)10-23-12-2-1-3-13(9-12)24-17(22)16(21)6-7-20/h1-5,7-9H,6,10H2. The number of hydrogen-bond donors (Lipinski definition) is 0. The zero-order valence-corrected chi connectivity index (χ0v) is 12.3. The number of rotatable bonds is 7. The molecule has 0 saturated carbocycles. The maximum atomic E-state index is 13.1. The number of benzene rings is 2. The van der Waals surface area contributed by atoms with E-state index in [1.165, 1.54) is 24.3 Å². The maximum Gasteiger partial charge on any atom is 0.380 e. The Balaban J connectivity index is 1.99. The SMILES string of the molecule is O=CCC(=O)C(=O)Oc1cccc(OCc2ccc(F)c(F)c2)c1. The first kappa shape index (κ1) is 17.3. The Labute approximate surface area is 135 Å². The second kappa shape index (κ2) is 7.96. The number of ether oxygens (including phenoxy) is 2. The van der Waals surface area contributed by atoms with Gasteiger partial charge in [0.1, 0.15) is 24.4 Å². The number of ketones is 1. The first-order chi connectivity index (χ1) is 11.5. The van der Waals surface area contributed by atoms with Crippen LogP contribution in [0, 0.1) is 11.6 Å². The fourth-order valence-electron chi connectivity index (χ4n) is 1.75. The molecule has 0 N–H and O–H groups in total. The molecular weight excluding hydrogens is 322 g/mol. The Bertz CT molecular complexity index is 773. The third kappa shape index (κ3) is 4.70. The third-order valence-electron chi connectivity index (χ3n) is 2.90. The molecule has 0 aliphatic heterocycles. The van der Waals surface area contributed by atoms with Gasteiger partial charge in [0.25, 0.3) is 0 Å². The van der Waals surface area contributed by atoms with Crippen molar-refractivity contribution in [3.8, 4) is 11.5 Å². The van der Waals surface area contributed by atoms with Gasteiger partial charge < -0.3 is 14.3 Å². The zero-order chi connectivity index (χ0) is 17.5. The van der Waals surface area contributed by atoms with E-state index in [9.17, 15) is 23.2 Å². The van der Waals surface area contributed by atoms with E-state index in [-0.39, 0.29) is 12.4 Å². The van der Waals surface area contributed by atoms with E-state index in [1.807, 2.05) is 0 Å². The van der Waals surface area contributed by atoms with Gasteiger partial charge in [-0.25, -0.2) is 13.6 Å². The van der Waals surface area contributed by atoms with Gasteiger partial charge in [0, 0.05) is 6.07 Å². The summed E-state index contributed by atoms with van der Waals surface area (Å²) in [5.74, 6) is -3.69. The highest BCUT2D eigenvalue weighted by Gasteiger charge is 2.15. The van der Waals surface area contributed by atoms with Gasteiger partial charge in [-0.15, -0.1) is 0 Å². The number of carbonyl (C=O) groups excluding carboxylic acids is 3. The van der Waals surface area contributed by atoms with Crippen LogP contribution in [0.4, 0.5) is 8.78 Å². The predicted octanol–water partition coefficient (Wildman–Crippen LogP) is 2.61. The first-order valence-electron chi connectivity index (χ1n) is 6.85. The van der Waals surface area contributed by atoms with E-state index in [0.29, 0.717) is 17.6 Å². The summed E-state index contributed by atoms with van der Waals surface area (Å²) >= 11 is 0. The van der Waals surface area contributed by atoms with E-state index in [0.717, 1.165) is 12.1 Å². The molecule has 0 saturated heterocycles. The molecule has 0 bridgehead atoms. The van der Waals surface area contributed by atoms with Gasteiger partial charge in [-0.2, -0.15) is 0 Å². The minimum Gasteiger partial charge on any atom is -0.489 e. The minimum absolute atomic E-state index is 0.0291. The average molecular weight is 334 g/mol. The summed E-state index contributed by atoms with van der Waals surface area (Å²) in [5.41, 5.74) is 0.414. The molecule has 0 aliphatic rings. The number of hydrogen-bond acceptors (Lipinski definition) is 5. The molecule has 124 valence electrons. The third-order valence-corrected chi connectivity index (χ3v) is 2.90. The van der Waals surface area contributed by atoms with Crippen molar-refractivity contribution in [2.24, 2.45) is 0 Å². The Kier molecular flexibility index (Phi) is 5.73. The molecule has 2 aromatic rings. The lowest BCUT2D eigenvalue weighted by atomic mass is 10.2. The number of Topliss-reactive ketones (excluding diaryl/α,β-unsaturated/α-hetero) is 1. The van der Waals surface area contributed by atoms with Crippen molar-refractivity contribution < 1.29 is 32.6 Å². The molecule has 0 spiro atoms. The fourth-order valence-corrected chi connectivity index (χ4v) is 1.75. The molecule has 0 heterocycles. The summed E-state index contributed by atoms with van der Waals surface area (Å²) in [6.07, 6.45) is -0.240.